The van der Waals surface area contributed by atoms with Crippen molar-refractivity contribution in [3.05, 3.63) is 0 Å². The van der Waals surface area contributed by atoms with Crippen molar-refractivity contribution >= 4 is 32.4 Å². The first-order valence-corrected chi connectivity index (χ1v) is 11.0. The molecule has 0 amide bonds. The second kappa shape index (κ2) is 7.41. The van der Waals surface area contributed by atoms with E-state index in [0.29, 0.717) is 18.0 Å². The van der Waals surface area contributed by atoms with E-state index in [-0.39, 0.29) is 19.9 Å². The second-order valence-electron chi connectivity index (χ2n) is 3.73. The van der Waals surface area contributed by atoms with Gasteiger partial charge in [0.2, 0.25) is 0 Å². The number of hydrogen-bond acceptors (Lipinski definition) is 3. The minimum absolute atomic E-state index is 0.147. The molecule has 0 aromatic heterocycles. The summed E-state index contributed by atoms with van der Waals surface area (Å²) in [6, 6.07) is 0. The summed E-state index contributed by atoms with van der Waals surface area (Å²) in [7, 11) is 0. The molecule has 1 rings (SSSR count). The normalized spacial score (nSPS) is 26.9. The fourth-order valence-electron chi connectivity index (χ4n) is 1.75. The van der Waals surface area contributed by atoms with E-state index in [2.05, 4.69) is 0 Å². The van der Waals surface area contributed by atoms with Gasteiger partial charge in [0, 0.05) is 0 Å². The summed E-state index contributed by atoms with van der Waals surface area (Å²) >= 11 is 6.13. The Morgan fingerprint density at radius 2 is 1.81 bits per heavy atom. The number of rotatable bonds is 6. The monoisotopic (exact) mass is 334 g/mol. The third kappa shape index (κ3) is 4.68. The Kier molecular flexibility index (Phi) is 6.95. The molecule has 0 unspecified atom stereocenters. The molecule has 1 aliphatic carbocycles. The average molecular weight is 334 g/mol. The molecular formula is C10H20ClO3PSe. The average Bonchev–Trinajstić information content (AvgIpc) is 2.22. The van der Waals surface area contributed by atoms with Crippen molar-refractivity contribution in [3.63, 3.8) is 0 Å². The molecule has 3 nitrogen and oxygen atoms in total. The summed E-state index contributed by atoms with van der Waals surface area (Å²) in [5.41, 5.74) is 0. The molecule has 1 fully saturated rings. The van der Waals surface area contributed by atoms with Crippen LogP contribution in [0.2, 0.25) is 4.82 Å². The van der Waals surface area contributed by atoms with E-state index in [1.54, 1.807) is 0 Å². The summed E-state index contributed by atoms with van der Waals surface area (Å²) < 4.78 is 23.0. The SMILES string of the molecule is CCOP(=O)(OCC)[Se][C@@H]1CCCC[C@H]1Cl. The molecular weight excluding hydrogens is 313 g/mol. The molecule has 1 aliphatic rings. The zero-order valence-corrected chi connectivity index (χ0v) is 13.2. The molecule has 0 N–H and O–H groups in total. The minimum atomic E-state index is -2.85. The van der Waals surface area contributed by atoms with Crippen LogP contribution in [-0.2, 0) is 13.6 Å². The van der Waals surface area contributed by atoms with Crippen molar-refractivity contribution in [2.75, 3.05) is 13.2 Å². The Morgan fingerprint density at radius 1 is 1.25 bits per heavy atom. The Bertz CT molecular complexity index is 242. The van der Waals surface area contributed by atoms with Crippen LogP contribution in [-0.4, -0.2) is 33.1 Å². The molecule has 1 saturated carbocycles. The van der Waals surface area contributed by atoms with E-state index in [4.69, 9.17) is 20.6 Å². The number of halogens is 1. The van der Waals surface area contributed by atoms with Gasteiger partial charge in [-0.1, -0.05) is 0 Å². The molecule has 2 atom stereocenters. The van der Waals surface area contributed by atoms with Gasteiger partial charge in [0.05, 0.1) is 0 Å². The van der Waals surface area contributed by atoms with Gasteiger partial charge in [-0.05, 0) is 0 Å². The number of alkyl halides is 1. The number of hydrogen-bond donors (Lipinski definition) is 0. The summed E-state index contributed by atoms with van der Waals surface area (Å²) in [6.45, 7) is 4.58. The van der Waals surface area contributed by atoms with Crippen LogP contribution in [0.3, 0.4) is 0 Å². The molecule has 0 aromatic carbocycles. The van der Waals surface area contributed by atoms with Gasteiger partial charge in [-0.3, -0.25) is 0 Å². The van der Waals surface area contributed by atoms with E-state index in [1.165, 1.54) is 12.8 Å². The third-order valence-electron chi connectivity index (χ3n) is 2.46. The van der Waals surface area contributed by atoms with Crippen LogP contribution < -0.4 is 0 Å². The van der Waals surface area contributed by atoms with Gasteiger partial charge in [-0.2, -0.15) is 0 Å². The Morgan fingerprint density at radius 3 is 2.31 bits per heavy atom. The molecule has 0 aromatic rings. The van der Waals surface area contributed by atoms with Crippen LogP contribution in [0, 0.1) is 0 Å². The molecule has 0 spiro atoms. The molecule has 0 aliphatic heterocycles. The zero-order chi connectivity index (χ0) is 12.0. The van der Waals surface area contributed by atoms with Gasteiger partial charge in [-0.15, -0.1) is 0 Å². The van der Waals surface area contributed by atoms with E-state index in [9.17, 15) is 4.57 Å². The summed E-state index contributed by atoms with van der Waals surface area (Å²) in [6.07, 6.45) is 1.63. The predicted molar refractivity (Wildman–Crippen MR) is 68.5 cm³/mol. The molecule has 0 bridgehead atoms. The first-order chi connectivity index (χ1) is 7.61. The molecule has 16 heavy (non-hydrogen) atoms. The van der Waals surface area contributed by atoms with Gasteiger partial charge in [-0.25, -0.2) is 0 Å². The maximum absolute atomic E-state index is 12.4. The van der Waals surface area contributed by atoms with Crippen molar-refractivity contribution in [2.24, 2.45) is 0 Å². The Hall–Kier alpha value is 0.959. The van der Waals surface area contributed by atoms with Gasteiger partial charge >= 0.3 is 109 Å². The van der Waals surface area contributed by atoms with Crippen molar-refractivity contribution in [3.8, 4) is 0 Å². The molecule has 96 valence electrons. The van der Waals surface area contributed by atoms with Gasteiger partial charge < -0.3 is 0 Å². The summed E-state index contributed by atoms with van der Waals surface area (Å²) in [4.78, 5) is 0.340. The molecule has 0 heterocycles. The van der Waals surface area contributed by atoms with Gasteiger partial charge in [0.25, 0.3) is 0 Å². The van der Waals surface area contributed by atoms with Crippen LogP contribution in [0.1, 0.15) is 39.5 Å². The van der Waals surface area contributed by atoms with E-state index in [1.807, 2.05) is 13.8 Å². The van der Waals surface area contributed by atoms with Gasteiger partial charge in [0.15, 0.2) is 0 Å². The van der Waals surface area contributed by atoms with Crippen LogP contribution in [0.4, 0.5) is 0 Å². The molecule has 0 saturated heterocycles. The van der Waals surface area contributed by atoms with Crippen LogP contribution in [0.5, 0.6) is 0 Å². The standard InChI is InChI=1S/C10H20ClO3PSe/c1-3-13-15(12,14-4-2)16-10-8-6-5-7-9(10)11/h9-10H,3-8H2,1-2H3/t9-,10-/m1/s1. The first-order valence-electron chi connectivity index (χ1n) is 5.83. The first kappa shape index (κ1) is 15.0. The maximum atomic E-state index is 12.4. The third-order valence-corrected chi connectivity index (χ3v) is 10.8. The van der Waals surface area contributed by atoms with E-state index in [0.717, 1.165) is 12.8 Å². The summed E-state index contributed by atoms with van der Waals surface area (Å²) in [5.74, 6) is 0. The fourth-order valence-corrected chi connectivity index (χ4v) is 10.5. The second-order valence-corrected chi connectivity index (χ2v) is 11.3. The Balaban J connectivity index is 2.55. The van der Waals surface area contributed by atoms with Crippen molar-refractivity contribution in [1.29, 1.82) is 0 Å². The van der Waals surface area contributed by atoms with Crippen molar-refractivity contribution < 1.29 is 13.6 Å². The topological polar surface area (TPSA) is 35.5 Å². The quantitative estimate of drug-likeness (QED) is 0.421. The van der Waals surface area contributed by atoms with Crippen LogP contribution in [0.15, 0.2) is 0 Å². The predicted octanol–water partition coefficient (Wildman–Crippen LogP) is 3.84. The van der Waals surface area contributed by atoms with Gasteiger partial charge in [0.1, 0.15) is 0 Å². The molecule has 6 heteroatoms. The van der Waals surface area contributed by atoms with Crippen molar-refractivity contribution in [1.82, 2.24) is 0 Å². The summed E-state index contributed by atoms with van der Waals surface area (Å²) in [5, 5.41) is 0.156. The molecule has 0 radical (unpaired) electrons. The Labute approximate surface area is 109 Å². The van der Waals surface area contributed by atoms with Crippen molar-refractivity contribution in [2.45, 2.75) is 49.7 Å². The zero-order valence-electron chi connectivity index (χ0n) is 9.86. The van der Waals surface area contributed by atoms with Crippen LogP contribution in [0.25, 0.3) is 0 Å². The van der Waals surface area contributed by atoms with Crippen LogP contribution >= 0.6 is 17.9 Å². The fraction of sp³-hybridized carbons (Fsp3) is 1.00. The van der Waals surface area contributed by atoms with E-state index < -0.39 is 6.29 Å². The van der Waals surface area contributed by atoms with E-state index >= 15 is 0 Å².